The van der Waals surface area contributed by atoms with Gasteiger partial charge in [-0.2, -0.15) is 0 Å². The van der Waals surface area contributed by atoms with E-state index in [2.05, 4.69) is 20.3 Å². The van der Waals surface area contributed by atoms with E-state index in [1.165, 1.54) is 6.20 Å². The summed E-state index contributed by atoms with van der Waals surface area (Å²) >= 11 is 0. The molecule has 2 aromatic heterocycles. The normalized spacial score (nSPS) is 10.7. The van der Waals surface area contributed by atoms with Gasteiger partial charge in [-0.05, 0) is 26.0 Å². The number of carbonyl (C=O) groups excluding carboxylic acids is 1. The van der Waals surface area contributed by atoms with Gasteiger partial charge in [-0.1, -0.05) is 17.7 Å². The first kappa shape index (κ1) is 12.3. The van der Waals surface area contributed by atoms with Crippen LogP contribution in [0.5, 0.6) is 0 Å². The largest absolute Gasteiger partial charge is 0.341 e. The highest BCUT2D eigenvalue weighted by Crippen LogP contribution is 2.17. The van der Waals surface area contributed by atoms with Gasteiger partial charge in [0, 0.05) is 11.9 Å². The van der Waals surface area contributed by atoms with E-state index in [-0.39, 0.29) is 5.91 Å². The van der Waals surface area contributed by atoms with Gasteiger partial charge in [0.05, 0.1) is 17.3 Å². The highest BCUT2D eigenvalue weighted by molar-refractivity contribution is 6.11. The Morgan fingerprint density at radius 1 is 1.15 bits per heavy atom. The van der Waals surface area contributed by atoms with Gasteiger partial charge in [0.25, 0.3) is 5.91 Å². The van der Waals surface area contributed by atoms with Crippen LogP contribution in [0.3, 0.4) is 0 Å². The number of aromatic amines is 1. The van der Waals surface area contributed by atoms with Crippen LogP contribution in [0.15, 0.2) is 36.7 Å². The van der Waals surface area contributed by atoms with Gasteiger partial charge in [0.1, 0.15) is 11.3 Å². The zero-order chi connectivity index (χ0) is 14.1. The first-order valence-electron chi connectivity index (χ1n) is 6.32. The number of hydrogen-bond donors (Lipinski definition) is 2. The van der Waals surface area contributed by atoms with Crippen LogP contribution in [0.4, 0.5) is 5.69 Å². The number of anilines is 1. The number of nitrogens with one attached hydrogen (secondary N) is 2. The van der Waals surface area contributed by atoms with E-state index in [0.29, 0.717) is 11.1 Å². The van der Waals surface area contributed by atoms with Crippen molar-refractivity contribution in [3.05, 3.63) is 53.6 Å². The van der Waals surface area contributed by atoms with Crippen LogP contribution in [0.25, 0.3) is 11.0 Å². The molecule has 0 saturated carbocycles. The van der Waals surface area contributed by atoms with Crippen LogP contribution >= 0.6 is 0 Å². The first-order valence-corrected chi connectivity index (χ1v) is 6.32. The van der Waals surface area contributed by atoms with Crippen molar-refractivity contribution in [3.8, 4) is 0 Å². The van der Waals surface area contributed by atoms with Crippen molar-refractivity contribution >= 4 is 22.6 Å². The van der Waals surface area contributed by atoms with E-state index >= 15 is 0 Å². The van der Waals surface area contributed by atoms with Crippen LogP contribution in [-0.2, 0) is 0 Å². The number of aryl methyl sites for hydroxylation is 2. The fourth-order valence-electron chi connectivity index (χ4n) is 2.06. The van der Waals surface area contributed by atoms with Crippen molar-refractivity contribution in [3.63, 3.8) is 0 Å². The van der Waals surface area contributed by atoms with Gasteiger partial charge in [0.15, 0.2) is 0 Å². The van der Waals surface area contributed by atoms with Crippen LogP contribution in [-0.4, -0.2) is 20.9 Å². The fraction of sp³-hybridized carbons (Fsp3) is 0.133. The van der Waals surface area contributed by atoms with Crippen LogP contribution in [0.2, 0.25) is 0 Å². The van der Waals surface area contributed by atoms with E-state index < -0.39 is 0 Å². The van der Waals surface area contributed by atoms with Gasteiger partial charge in [0.2, 0.25) is 0 Å². The number of amides is 1. The summed E-state index contributed by atoms with van der Waals surface area (Å²) in [5.74, 6) is 0.552. The zero-order valence-corrected chi connectivity index (χ0v) is 11.3. The standard InChI is InChI=1S/C15H14N4O/c1-9-3-5-11(6-4-9)19-15(20)12-7-16-8-13-14(12)18-10(2)17-13/h3-8H,1-2H3,(H,17,18)(H,19,20). The smallest absolute Gasteiger partial charge is 0.259 e. The summed E-state index contributed by atoms with van der Waals surface area (Å²) in [6.45, 7) is 3.85. The molecule has 5 nitrogen and oxygen atoms in total. The molecule has 2 heterocycles. The molecule has 3 aromatic rings. The van der Waals surface area contributed by atoms with Gasteiger partial charge in [-0.25, -0.2) is 4.98 Å². The van der Waals surface area contributed by atoms with Crippen LogP contribution in [0.1, 0.15) is 21.7 Å². The Bertz CT molecular complexity index is 774. The number of hydrogen-bond acceptors (Lipinski definition) is 3. The Labute approximate surface area is 116 Å². The van der Waals surface area contributed by atoms with E-state index in [1.807, 2.05) is 38.1 Å². The van der Waals surface area contributed by atoms with Crippen molar-refractivity contribution in [2.45, 2.75) is 13.8 Å². The minimum absolute atomic E-state index is 0.210. The first-order chi connectivity index (χ1) is 9.63. The number of fused-ring (bicyclic) bond motifs is 1. The van der Waals surface area contributed by atoms with Gasteiger partial charge in [-0.3, -0.25) is 9.78 Å². The molecule has 100 valence electrons. The summed E-state index contributed by atoms with van der Waals surface area (Å²) in [5, 5.41) is 2.85. The summed E-state index contributed by atoms with van der Waals surface area (Å²) in [7, 11) is 0. The molecule has 0 aliphatic carbocycles. The molecular formula is C15H14N4O. The molecule has 0 radical (unpaired) electrons. The van der Waals surface area contributed by atoms with Gasteiger partial charge < -0.3 is 10.3 Å². The average Bonchev–Trinajstić information content (AvgIpc) is 2.81. The maximum atomic E-state index is 12.3. The second-order valence-electron chi connectivity index (χ2n) is 4.73. The second-order valence-corrected chi connectivity index (χ2v) is 4.73. The Morgan fingerprint density at radius 2 is 1.90 bits per heavy atom. The lowest BCUT2D eigenvalue weighted by molar-refractivity contribution is 0.102. The predicted molar refractivity (Wildman–Crippen MR) is 77.8 cm³/mol. The maximum Gasteiger partial charge on any atom is 0.259 e. The number of carbonyl (C=O) groups is 1. The van der Waals surface area contributed by atoms with Crippen LogP contribution < -0.4 is 5.32 Å². The lowest BCUT2D eigenvalue weighted by Gasteiger charge is -2.05. The monoisotopic (exact) mass is 266 g/mol. The number of aromatic nitrogens is 3. The van der Waals surface area contributed by atoms with E-state index in [0.717, 1.165) is 22.6 Å². The minimum Gasteiger partial charge on any atom is -0.341 e. The molecule has 0 fully saturated rings. The molecule has 0 spiro atoms. The SMILES string of the molecule is Cc1ccc(NC(=O)c2cncc3[nH]c(C)nc23)cc1. The third-order valence-electron chi connectivity index (χ3n) is 3.07. The van der Waals surface area contributed by atoms with E-state index in [4.69, 9.17) is 0 Å². The second kappa shape index (κ2) is 4.77. The van der Waals surface area contributed by atoms with Crippen LogP contribution in [0, 0.1) is 13.8 Å². The quantitative estimate of drug-likeness (QED) is 0.749. The van der Waals surface area contributed by atoms with Crippen molar-refractivity contribution in [2.24, 2.45) is 0 Å². The lowest BCUT2D eigenvalue weighted by Crippen LogP contribution is -2.12. The Hall–Kier alpha value is -2.69. The molecule has 1 aromatic carbocycles. The highest BCUT2D eigenvalue weighted by Gasteiger charge is 2.13. The molecule has 0 saturated heterocycles. The van der Waals surface area contributed by atoms with Crippen molar-refractivity contribution in [1.29, 1.82) is 0 Å². The molecule has 1 amide bonds. The molecule has 20 heavy (non-hydrogen) atoms. The molecule has 0 unspecified atom stereocenters. The number of rotatable bonds is 2. The summed E-state index contributed by atoms with van der Waals surface area (Å²) < 4.78 is 0. The number of pyridine rings is 1. The number of imidazole rings is 1. The molecule has 5 heteroatoms. The molecule has 2 N–H and O–H groups in total. The Balaban J connectivity index is 1.94. The topological polar surface area (TPSA) is 70.7 Å². The maximum absolute atomic E-state index is 12.3. The van der Waals surface area contributed by atoms with Gasteiger partial charge in [-0.15, -0.1) is 0 Å². The Kier molecular flexibility index (Phi) is 2.95. The highest BCUT2D eigenvalue weighted by atomic mass is 16.1. The summed E-state index contributed by atoms with van der Waals surface area (Å²) in [4.78, 5) is 23.8. The van der Waals surface area contributed by atoms with Gasteiger partial charge >= 0.3 is 0 Å². The fourth-order valence-corrected chi connectivity index (χ4v) is 2.06. The Morgan fingerprint density at radius 3 is 2.65 bits per heavy atom. The average molecular weight is 266 g/mol. The lowest BCUT2D eigenvalue weighted by atomic mass is 10.2. The molecule has 0 atom stereocenters. The minimum atomic E-state index is -0.210. The molecule has 3 rings (SSSR count). The number of H-pyrrole nitrogens is 1. The summed E-state index contributed by atoms with van der Waals surface area (Å²) in [6, 6.07) is 7.65. The molecule has 0 aliphatic heterocycles. The number of nitrogens with zero attached hydrogens (tertiary/aromatic N) is 2. The molecule has 0 bridgehead atoms. The zero-order valence-electron chi connectivity index (χ0n) is 11.3. The van der Waals surface area contributed by atoms with E-state index in [9.17, 15) is 4.79 Å². The molecular weight excluding hydrogens is 252 g/mol. The van der Waals surface area contributed by atoms with E-state index in [1.54, 1.807) is 6.20 Å². The van der Waals surface area contributed by atoms with Crippen molar-refractivity contribution < 1.29 is 4.79 Å². The van der Waals surface area contributed by atoms with Crippen molar-refractivity contribution in [1.82, 2.24) is 15.0 Å². The summed E-state index contributed by atoms with van der Waals surface area (Å²) in [5.41, 5.74) is 3.77. The predicted octanol–water partition coefficient (Wildman–Crippen LogP) is 2.83. The van der Waals surface area contributed by atoms with Crippen molar-refractivity contribution in [2.75, 3.05) is 5.32 Å². The number of benzene rings is 1. The third-order valence-corrected chi connectivity index (χ3v) is 3.07. The summed E-state index contributed by atoms with van der Waals surface area (Å²) in [6.07, 6.45) is 3.20. The third kappa shape index (κ3) is 2.25. The molecule has 0 aliphatic rings.